The van der Waals surface area contributed by atoms with E-state index in [4.69, 9.17) is 0 Å². The monoisotopic (exact) mass is 149 g/mol. The van der Waals surface area contributed by atoms with Crippen molar-refractivity contribution in [1.82, 2.24) is 4.98 Å². The van der Waals surface area contributed by atoms with Crippen LogP contribution in [0.4, 0.5) is 4.39 Å². The molecular weight excluding hydrogens is 141 g/mol. The van der Waals surface area contributed by atoms with Crippen molar-refractivity contribution >= 4 is 10.9 Å². The Morgan fingerprint density at radius 1 is 1.27 bits per heavy atom. The number of fused-ring (bicyclic) bond motifs is 1. The normalized spacial score (nSPS) is 10.7. The first-order valence-corrected chi connectivity index (χ1v) is 3.52. The SMILES string of the molecule is Cc1c(F)[nH]c2ccccc12. The van der Waals surface area contributed by atoms with E-state index >= 15 is 0 Å². The predicted molar refractivity (Wildman–Crippen MR) is 43.0 cm³/mol. The van der Waals surface area contributed by atoms with E-state index in [0.29, 0.717) is 5.56 Å². The minimum Gasteiger partial charge on any atom is -0.331 e. The number of aromatic nitrogens is 1. The van der Waals surface area contributed by atoms with Crippen LogP contribution in [0.5, 0.6) is 0 Å². The molecule has 2 heteroatoms. The van der Waals surface area contributed by atoms with Gasteiger partial charge in [-0.1, -0.05) is 18.2 Å². The van der Waals surface area contributed by atoms with E-state index in [-0.39, 0.29) is 5.95 Å². The van der Waals surface area contributed by atoms with Crippen LogP contribution in [0.25, 0.3) is 10.9 Å². The van der Waals surface area contributed by atoms with Crippen LogP contribution >= 0.6 is 0 Å². The van der Waals surface area contributed by atoms with Gasteiger partial charge in [0, 0.05) is 16.5 Å². The van der Waals surface area contributed by atoms with E-state index in [1.807, 2.05) is 24.3 Å². The fraction of sp³-hybridized carbons (Fsp3) is 0.111. The smallest absolute Gasteiger partial charge is 0.195 e. The van der Waals surface area contributed by atoms with Gasteiger partial charge in [-0.15, -0.1) is 0 Å². The summed E-state index contributed by atoms with van der Waals surface area (Å²) >= 11 is 0. The number of hydrogen-bond donors (Lipinski definition) is 1. The third kappa shape index (κ3) is 0.827. The summed E-state index contributed by atoms with van der Waals surface area (Å²) in [5, 5.41) is 0.963. The molecule has 0 spiro atoms. The Bertz CT molecular complexity index is 389. The average molecular weight is 149 g/mol. The molecule has 11 heavy (non-hydrogen) atoms. The fourth-order valence-electron chi connectivity index (χ4n) is 1.25. The molecule has 0 aliphatic rings. The Labute approximate surface area is 63.9 Å². The first-order valence-electron chi connectivity index (χ1n) is 3.52. The molecule has 0 atom stereocenters. The van der Waals surface area contributed by atoms with Crippen molar-refractivity contribution in [1.29, 1.82) is 0 Å². The number of H-pyrrole nitrogens is 1. The van der Waals surface area contributed by atoms with Crippen LogP contribution in [0.2, 0.25) is 0 Å². The molecule has 2 rings (SSSR count). The molecule has 0 aliphatic heterocycles. The fourth-order valence-corrected chi connectivity index (χ4v) is 1.25. The lowest BCUT2D eigenvalue weighted by molar-refractivity contribution is 0.586. The molecule has 0 aliphatic carbocycles. The van der Waals surface area contributed by atoms with Crippen LogP contribution in [0.15, 0.2) is 24.3 Å². The molecule has 0 saturated carbocycles. The number of aryl methyl sites for hydroxylation is 1. The molecule has 1 N–H and O–H groups in total. The van der Waals surface area contributed by atoms with Gasteiger partial charge in [0.25, 0.3) is 0 Å². The lowest BCUT2D eigenvalue weighted by Crippen LogP contribution is -1.72. The third-order valence-corrected chi connectivity index (χ3v) is 1.90. The summed E-state index contributed by atoms with van der Waals surface area (Å²) in [6.45, 7) is 1.77. The highest BCUT2D eigenvalue weighted by Gasteiger charge is 2.03. The van der Waals surface area contributed by atoms with E-state index in [1.165, 1.54) is 0 Å². The van der Waals surface area contributed by atoms with Crippen LogP contribution < -0.4 is 0 Å². The second-order valence-electron chi connectivity index (χ2n) is 2.61. The van der Waals surface area contributed by atoms with Crippen LogP contribution in [0, 0.1) is 12.9 Å². The topological polar surface area (TPSA) is 15.8 Å². The quantitative estimate of drug-likeness (QED) is 0.592. The van der Waals surface area contributed by atoms with Gasteiger partial charge < -0.3 is 4.98 Å². The van der Waals surface area contributed by atoms with Gasteiger partial charge in [0.1, 0.15) is 0 Å². The van der Waals surface area contributed by atoms with E-state index in [0.717, 1.165) is 10.9 Å². The van der Waals surface area contributed by atoms with Gasteiger partial charge in [-0.05, 0) is 13.0 Å². The van der Waals surface area contributed by atoms with E-state index in [2.05, 4.69) is 4.98 Å². The highest BCUT2D eigenvalue weighted by Crippen LogP contribution is 2.19. The number of para-hydroxylation sites is 1. The number of aromatic amines is 1. The summed E-state index contributed by atoms with van der Waals surface area (Å²) in [6, 6.07) is 7.57. The van der Waals surface area contributed by atoms with Gasteiger partial charge in [0.15, 0.2) is 5.95 Å². The van der Waals surface area contributed by atoms with Gasteiger partial charge in [-0.2, -0.15) is 4.39 Å². The Balaban J connectivity index is 2.92. The molecule has 0 saturated heterocycles. The van der Waals surface area contributed by atoms with Crippen molar-refractivity contribution in [3.8, 4) is 0 Å². The molecule has 0 unspecified atom stereocenters. The lowest BCUT2D eigenvalue weighted by Gasteiger charge is -1.86. The number of hydrogen-bond acceptors (Lipinski definition) is 0. The summed E-state index contributed by atoms with van der Waals surface area (Å²) in [6.07, 6.45) is 0. The first-order chi connectivity index (χ1) is 5.29. The minimum atomic E-state index is -0.230. The standard InChI is InChI=1S/C9H8FN/c1-6-7-4-2-3-5-8(7)11-9(6)10/h2-5,11H,1H3. The maximum Gasteiger partial charge on any atom is 0.195 e. The van der Waals surface area contributed by atoms with Crippen LogP contribution in [-0.4, -0.2) is 4.98 Å². The molecule has 2 aromatic rings. The molecule has 0 bridgehead atoms. The van der Waals surface area contributed by atoms with Crippen molar-refractivity contribution in [2.45, 2.75) is 6.92 Å². The molecule has 1 aromatic carbocycles. The summed E-state index contributed by atoms with van der Waals surface area (Å²) in [4.78, 5) is 2.66. The summed E-state index contributed by atoms with van der Waals surface area (Å²) in [5.41, 5.74) is 1.56. The highest BCUT2D eigenvalue weighted by atomic mass is 19.1. The summed E-state index contributed by atoms with van der Waals surface area (Å²) < 4.78 is 12.9. The second kappa shape index (κ2) is 2.09. The highest BCUT2D eigenvalue weighted by molar-refractivity contribution is 5.82. The molecule has 0 radical (unpaired) electrons. The van der Waals surface area contributed by atoms with Crippen molar-refractivity contribution < 1.29 is 4.39 Å². The molecule has 0 fully saturated rings. The zero-order valence-electron chi connectivity index (χ0n) is 6.19. The maximum atomic E-state index is 12.9. The van der Waals surface area contributed by atoms with Crippen molar-refractivity contribution in [2.24, 2.45) is 0 Å². The number of halogens is 1. The zero-order chi connectivity index (χ0) is 7.84. The van der Waals surface area contributed by atoms with E-state index in [1.54, 1.807) is 6.92 Å². The van der Waals surface area contributed by atoms with Crippen LogP contribution in [0.3, 0.4) is 0 Å². The lowest BCUT2D eigenvalue weighted by atomic mass is 10.2. The zero-order valence-corrected chi connectivity index (χ0v) is 6.19. The minimum absolute atomic E-state index is 0.230. The summed E-state index contributed by atoms with van der Waals surface area (Å²) in [7, 11) is 0. The maximum absolute atomic E-state index is 12.9. The van der Waals surface area contributed by atoms with Gasteiger partial charge in [0.05, 0.1) is 0 Å². The Morgan fingerprint density at radius 3 is 2.73 bits per heavy atom. The third-order valence-electron chi connectivity index (χ3n) is 1.90. The largest absolute Gasteiger partial charge is 0.331 e. The Hall–Kier alpha value is -1.31. The van der Waals surface area contributed by atoms with Gasteiger partial charge in [-0.25, -0.2) is 0 Å². The number of benzene rings is 1. The molecule has 1 aromatic heterocycles. The van der Waals surface area contributed by atoms with Crippen molar-refractivity contribution in [2.75, 3.05) is 0 Å². The second-order valence-corrected chi connectivity index (χ2v) is 2.61. The molecular formula is C9H8FN. The molecule has 1 heterocycles. The number of nitrogens with one attached hydrogen (secondary N) is 1. The van der Waals surface area contributed by atoms with Crippen LogP contribution in [-0.2, 0) is 0 Å². The van der Waals surface area contributed by atoms with E-state index in [9.17, 15) is 4.39 Å². The van der Waals surface area contributed by atoms with Gasteiger partial charge in [-0.3, -0.25) is 0 Å². The van der Waals surface area contributed by atoms with Crippen molar-refractivity contribution in [3.63, 3.8) is 0 Å². The van der Waals surface area contributed by atoms with E-state index < -0.39 is 0 Å². The Kier molecular flexibility index (Phi) is 1.22. The predicted octanol–water partition coefficient (Wildman–Crippen LogP) is 2.62. The van der Waals surface area contributed by atoms with Crippen molar-refractivity contribution in [3.05, 3.63) is 35.8 Å². The molecule has 0 amide bonds. The van der Waals surface area contributed by atoms with Gasteiger partial charge in [0.2, 0.25) is 0 Å². The first kappa shape index (κ1) is 6.40. The summed E-state index contributed by atoms with van der Waals surface area (Å²) in [5.74, 6) is -0.230. The van der Waals surface area contributed by atoms with Crippen LogP contribution in [0.1, 0.15) is 5.56 Å². The average Bonchev–Trinajstić information content (AvgIpc) is 2.30. The molecule has 56 valence electrons. The Morgan fingerprint density at radius 2 is 2.00 bits per heavy atom. The van der Waals surface area contributed by atoms with Gasteiger partial charge >= 0.3 is 0 Å². The molecule has 1 nitrogen and oxygen atoms in total. The number of rotatable bonds is 0.